The van der Waals surface area contributed by atoms with Crippen LogP contribution in [-0.4, -0.2) is 28.8 Å². The molecule has 0 saturated carbocycles. The summed E-state index contributed by atoms with van der Waals surface area (Å²) < 4.78 is 0. The van der Waals surface area contributed by atoms with Gasteiger partial charge < -0.3 is 5.32 Å². The molecular weight excluding hydrogens is 302 g/mol. The van der Waals surface area contributed by atoms with Crippen molar-refractivity contribution >= 4 is 11.8 Å². The molecule has 0 unspecified atom stereocenters. The zero-order valence-electron chi connectivity index (χ0n) is 13.3. The first-order valence-corrected chi connectivity index (χ1v) is 9.15. The minimum atomic E-state index is 0.840. The highest BCUT2D eigenvalue weighted by Crippen LogP contribution is 2.25. The number of aromatic nitrogens is 2. The van der Waals surface area contributed by atoms with E-state index in [1.807, 2.05) is 24.0 Å². The van der Waals surface area contributed by atoms with Crippen LogP contribution in [0.5, 0.6) is 0 Å². The molecule has 0 bridgehead atoms. The second kappa shape index (κ2) is 7.99. The number of H-pyrrole nitrogens is 1. The highest BCUT2D eigenvalue weighted by molar-refractivity contribution is 7.98. The highest BCUT2D eigenvalue weighted by Gasteiger charge is 2.07. The van der Waals surface area contributed by atoms with Gasteiger partial charge in [0.1, 0.15) is 0 Å². The summed E-state index contributed by atoms with van der Waals surface area (Å²) >= 11 is 1.85. The first-order chi connectivity index (χ1) is 11.4. The van der Waals surface area contributed by atoms with E-state index in [1.54, 1.807) is 0 Å². The van der Waals surface area contributed by atoms with Crippen molar-refractivity contribution < 1.29 is 0 Å². The normalized spacial score (nSPS) is 10.8. The predicted octanol–water partition coefficient (Wildman–Crippen LogP) is 4.20. The zero-order valence-corrected chi connectivity index (χ0v) is 14.1. The summed E-state index contributed by atoms with van der Waals surface area (Å²) in [5.74, 6) is 1.12. The third-order valence-electron chi connectivity index (χ3n) is 3.80. The lowest BCUT2D eigenvalue weighted by molar-refractivity contribution is 0.734. The molecule has 1 aromatic heterocycles. The van der Waals surface area contributed by atoms with Gasteiger partial charge in [0.05, 0.1) is 11.9 Å². The number of hydrogen-bond donors (Lipinski definition) is 2. The second-order valence-electron chi connectivity index (χ2n) is 5.38. The van der Waals surface area contributed by atoms with Crippen molar-refractivity contribution in [2.24, 2.45) is 0 Å². The van der Waals surface area contributed by atoms with Crippen LogP contribution < -0.4 is 5.32 Å². The molecule has 0 aliphatic rings. The Kier molecular flexibility index (Phi) is 5.51. The summed E-state index contributed by atoms with van der Waals surface area (Å²) in [6.07, 6.45) is 4.03. The highest BCUT2D eigenvalue weighted by atomic mass is 32.2. The molecular formula is C19H21N3S. The van der Waals surface area contributed by atoms with E-state index in [2.05, 4.69) is 70.3 Å². The number of aromatic amines is 1. The third-order valence-corrected chi connectivity index (χ3v) is 4.41. The number of rotatable bonds is 7. The first-order valence-electron chi connectivity index (χ1n) is 7.76. The Hall–Kier alpha value is -2.04. The fourth-order valence-corrected chi connectivity index (χ4v) is 2.90. The molecule has 2 aromatic carbocycles. The lowest BCUT2D eigenvalue weighted by atomic mass is 10.0. The minimum Gasteiger partial charge on any atom is -0.312 e. The largest absolute Gasteiger partial charge is 0.312 e. The van der Waals surface area contributed by atoms with Crippen molar-refractivity contribution in [1.82, 2.24) is 15.5 Å². The maximum Gasteiger partial charge on any atom is 0.0695 e. The Labute approximate surface area is 141 Å². The average molecular weight is 323 g/mol. The smallest absolute Gasteiger partial charge is 0.0695 e. The molecule has 23 heavy (non-hydrogen) atoms. The maximum absolute atomic E-state index is 4.21. The summed E-state index contributed by atoms with van der Waals surface area (Å²) in [4.78, 5) is 0. The van der Waals surface area contributed by atoms with E-state index in [-0.39, 0.29) is 0 Å². The average Bonchev–Trinajstić information content (AvgIpc) is 3.08. The number of hydrogen-bond acceptors (Lipinski definition) is 3. The van der Waals surface area contributed by atoms with Gasteiger partial charge in [0.2, 0.25) is 0 Å². The maximum atomic E-state index is 4.21. The van der Waals surface area contributed by atoms with Crippen molar-refractivity contribution in [2.75, 3.05) is 18.6 Å². The van der Waals surface area contributed by atoms with E-state index >= 15 is 0 Å². The summed E-state index contributed by atoms with van der Waals surface area (Å²) in [5.41, 5.74) is 5.94. The van der Waals surface area contributed by atoms with Crippen LogP contribution in [-0.2, 0) is 6.54 Å². The summed E-state index contributed by atoms with van der Waals surface area (Å²) in [7, 11) is 0. The fourth-order valence-electron chi connectivity index (χ4n) is 2.55. The fraction of sp³-hybridized carbons (Fsp3) is 0.211. The first kappa shape index (κ1) is 15.8. The zero-order chi connectivity index (χ0) is 15.9. The van der Waals surface area contributed by atoms with Gasteiger partial charge in [0.25, 0.3) is 0 Å². The predicted molar refractivity (Wildman–Crippen MR) is 99.5 cm³/mol. The summed E-state index contributed by atoms with van der Waals surface area (Å²) in [5, 5.41) is 10.8. The molecule has 0 radical (unpaired) electrons. The van der Waals surface area contributed by atoms with Crippen molar-refractivity contribution in [3.05, 3.63) is 66.4 Å². The topological polar surface area (TPSA) is 40.7 Å². The van der Waals surface area contributed by atoms with Crippen LogP contribution in [0.1, 0.15) is 5.56 Å². The van der Waals surface area contributed by atoms with Crippen molar-refractivity contribution in [3.8, 4) is 22.4 Å². The molecule has 3 nitrogen and oxygen atoms in total. The van der Waals surface area contributed by atoms with Gasteiger partial charge in [-0.1, -0.05) is 54.6 Å². The van der Waals surface area contributed by atoms with Gasteiger partial charge in [0.15, 0.2) is 0 Å². The molecule has 0 aliphatic heterocycles. The lowest BCUT2D eigenvalue weighted by Gasteiger charge is -2.07. The van der Waals surface area contributed by atoms with Crippen LogP contribution in [0.15, 0.2) is 60.8 Å². The van der Waals surface area contributed by atoms with Crippen LogP contribution in [0.25, 0.3) is 22.4 Å². The lowest BCUT2D eigenvalue weighted by Crippen LogP contribution is -2.16. The Bertz CT molecular complexity index is 720. The molecule has 2 N–H and O–H groups in total. The monoisotopic (exact) mass is 323 g/mol. The molecule has 0 aliphatic carbocycles. The molecule has 0 saturated heterocycles. The van der Waals surface area contributed by atoms with Gasteiger partial charge in [-0.05, 0) is 22.9 Å². The van der Waals surface area contributed by atoms with E-state index in [0.717, 1.165) is 24.5 Å². The molecule has 3 rings (SSSR count). The van der Waals surface area contributed by atoms with Crippen LogP contribution in [0.2, 0.25) is 0 Å². The second-order valence-corrected chi connectivity index (χ2v) is 6.37. The quantitative estimate of drug-likeness (QED) is 0.640. The minimum absolute atomic E-state index is 0.840. The van der Waals surface area contributed by atoms with E-state index in [4.69, 9.17) is 0 Å². The third kappa shape index (κ3) is 4.03. The van der Waals surface area contributed by atoms with E-state index in [9.17, 15) is 0 Å². The molecule has 1 heterocycles. The standard InChI is InChI=1S/C19H21N3S/c1-23-12-11-20-13-18-14-21-22-19(18)17-9-7-16(8-10-17)15-5-3-2-4-6-15/h2-10,14,20H,11-13H2,1H3,(H,21,22). The van der Waals surface area contributed by atoms with Gasteiger partial charge in [-0.15, -0.1) is 0 Å². The Balaban J connectivity index is 1.74. The van der Waals surface area contributed by atoms with Gasteiger partial charge in [-0.3, -0.25) is 5.10 Å². The van der Waals surface area contributed by atoms with Gasteiger partial charge in [0, 0.05) is 24.4 Å². The van der Waals surface area contributed by atoms with E-state index in [0.29, 0.717) is 0 Å². The molecule has 0 amide bonds. The van der Waals surface area contributed by atoms with Crippen molar-refractivity contribution in [3.63, 3.8) is 0 Å². The Morgan fingerprint density at radius 3 is 2.39 bits per heavy atom. The molecule has 0 fully saturated rings. The Morgan fingerprint density at radius 2 is 1.65 bits per heavy atom. The van der Waals surface area contributed by atoms with Crippen molar-refractivity contribution in [1.29, 1.82) is 0 Å². The molecule has 4 heteroatoms. The van der Waals surface area contributed by atoms with Crippen LogP contribution in [0, 0.1) is 0 Å². The van der Waals surface area contributed by atoms with Gasteiger partial charge >= 0.3 is 0 Å². The van der Waals surface area contributed by atoms with Crippen LogP contribution >= 0.6 is 11.8 Å². The van der Waals surface area contributed by atoms with Gasteiger partial charge in [-0.2, -0.15) is 16.9 Å². The SMILES string of the molecule is CSCCNCc1cn[nH]c1-c1ccc(-c2ccccc2)cc1. The molecule has 3 aromatic rings. The summed E-state index contributed by atoms with van der Waals surface area (Å²) in [6, 6.07) is 19.1. The Morgan fingerprint density at radius 1 is 0.957 bits per heavy atom. The molecule has 0 spiro atoms. The van der Waals surface area contributed by atoms with Crippen molar-refractivity contribution in [2.45, 2.75) is 6.54 Å². The molecule has 0 atom stereocenters. The van der Waals surface area contributed by atoms with Gasteiger partial charge in [-0.25, -0.2) is 0 Å². The van der Waals surface area contributed by atoms with Crippen LogP contribution in [0.4, 0.5) is 0 Å². The number of thioether (sulfide) groups is 1. The molecule has 118 valence electrons. The number of nitrogens with one attached hydrogen (secondary N) is 2. The van der Waals surface area contributed by atoms with Crippen LogP contribution in [0.3, 0.4) is 0 Å². The van der Waals surface area contributed by atoms with E-state index in [1.165, 1.54) is 22.3 Å². The summed E-state index contributed by atoms with van der Waals surface area (Å²) in [6.45, 7) is 1.85. The van der Waals surface area contributed by atoms with E-state index < -0.39 is 0 Å². The number of benzene rings is 2. The number of nitrogens with zero attached hydrogens (tertiary/aromatic N) is 1.